The third-order valence-electron chi connectivity index (χ3n) is 7.36. The molecule has 0 unspecified atom stereocenters. The predicted molar refractivity (Wildman–Crippen MR) is 145 cm³/mol. The van der Waals surface area contributed by atoms with Crippen molar-refractivity contribution >= 4 is 44.8 Å². The molecule has 2 aromatic heterocycles. The van der Waals surface area contributed by atoms with E-state index in [9.17, 15) is 9.59 Å². The fourth-order valence-corrected chi connectivity index (χ4v) is 5.39. The molecule has 0 spiro atoms. The van der Waals surface area contributed by atoms with E-state index >= 15 is 0 Å². The van der Waals surface area contributed by atoms with Crippen molar-refractivity contribution in [3.8, 4) is 0 Å². The zero-order valence-corrected chi connectivity index (χ0v) is 21.5. The molecule has 0 aliphatic carbocycles. The van der Waals surface area contributed by atoms with Gasteiger partial charge in [-0.3, -0.25) is 24.5 Å². The first-order valence-corrected chi connectivity index (χ1v) is 13.2. The molecule has 196 valence electrons. The number of ether oxygens (including phenoxy) is 2. The summed E-state index contributed by atoms with van der Waals surface area (Å²) in [4.78, 5) is 28.9. The Morgan fingerprint density at radius 3 is 2.26 bits per heavy atom. The largest absolute Gasteiger partial charge is 0.378 e. The maximum atomic E-state index is 13.3. The number of rotatable bonds is 1. The molecule has 2 aliphatic heterocycles. The van der Waals surface area contributed by atoms with Crippen molar-refractivity contribution in [2.24, 2.45) is 0 Å². The minimum absolute atomic E-state index is 0.322. The standard InChI is InChI=1S/C29H31N5O4/c1-2-32-11-12-34-24-10-6-4-8-21(24)27(31-34)26-25(28(35)30-29(26)36)22-19-33(23-9-5-3-7-20(22)23)14-16-38-18-17-37-15-13-32/h3-10,19H,2,11-18H2,1H3,(H,30,35,36). The van der Waals surface area contributed by atoms with Crippen LogP contribution in [0, 0.1) is 0 Å². The Hall–Kier alpha value is -3.79. The number of benzene rings is 2. The van der Waals surface area contributed by atoms with Crippen molar-refractivity contribution in [2.75, 3.05) is 46.1 Å². The lowest BCUT2D eigenvalue weighted by Gasteiger charge is -2.20. The van der Waals surface area contributed by atoms with Gasteiger partial charge in [-0.05, 0) is 18.7 Å². The van der Waals surface area contributed by atoms with Crippen LogP contribution >= 0.6 is 0 Å². The summed E-state index contributed by atoms with van der Waals surface area (Å²) in [6.45, 7) is 8.08. The van der Waals surface area contributed by atoms with Gasteiger partial charge in [0.15, 0.2) is 0 Å². The molecular formula is C29H31N5O4. The van der Waals surface area contributed by atoms with Gasteiger partial charge in [-0.1, -0.05) is 43.3 Å². The third kappa shape index (κ3) is 4.42. The van der Waals surface area contributed by atoms with Crippen LogP contribution in [-0.4, -0.2) is 77.1 Å². The second-order valence-electron chi connectivity index (χ2n) is 9.53. The van der Waals surface area contributed by atoms with Crippen LogP contribution in [0.25, 0.3) is 33.0 Å². The number of nitrogens with one attached hydrogen (secondary N) is 1. The highest BCUT2D eigenvalue weighted by molar-refractivity contribution is 6.50. The molecule has 4 heterocycles. The lowest BCUT2D eigenvalue weighted by molar-refractivity contribution is -0.122. The zero-order valence-electron chi connectivity index (χ0n) is 21.5. The van der Waals surface area contributed by atoms with E-state index in [4.69, 9.17) is 14.6 Å². The Kier molecular flexibility index (Phi) is 6.80. The van der Waals surface area contributed by atoms with Crippen LogP contribution < -0.4 is 5.32 Å². The van der Waals surface area contributed by atoms with Gasteiger partial charge < -0.3 is 14.0 Å². The summed E-state index contributed by atoms with van der Waals surface area (Å²) < 4.78 is 15.7. The average Bonchev–Trinajstić information content (AvgIpc) is 3.57. The van der Waals surface area contributed by atoms with Crippen molar-refractivity contribution in [1.82, 2.24) is 24.6 Å². The highest BCUT2D eigenvalue weighted by atomic mass is 16.5. The maximum absolute atomic E-state index is 13.3. The molecule has 0 saturated heterocycles. The van der Waals surface area contributed by atoms with E-state index in [1.807, 2.05) is 59.4 Å². The number of aromatic nitrogens is 3. The highest BCUT2D eigenvalue weighted by Crippen LogP contribution is 2.37. The smallest absolute Gasteiger partial charge is 0.261 e. The second-order valence-corrected chi connectivity index (χ2v) is 9.53. The number of carbonyl (C=O) groups is 2. The Morgan fingerprint density at radius 1 is 0.789 bits per heavy atom. The first-order chi connectivity index (χ1) is 18.7. The summed E-state index contributed by atoms with van der Waals surface area (Å²) in [6.07, 6.45) is 1.95. The molecule has 0 atom stereocenters. The quantitative estimate of drug-likeness (QED) is 0.394. The number of hydrogen-bond donors (Lipinski definition) is 1. The van der Waals surface area contributed by atoms with Crippen LogP contribution in [0.3, 0.4) is 0 Å². The van der Waals surface area contributed by atoms with Crippen LogP contribution in [0.4, 0.5) is 0 Å². The number of hydrogen-bond acceptors (Lipinski definition) is 6. The van der Waals surface area contributed by atoms with Gasteiger partial charge in [0.05, 0.1) is 49.6 Å². The summed E-state index contributed by atoms with van der Waals surface area (Å²) in [5, 5.41) is 9.23. The van der Waals surface area contributed by atoms with Crippen LogP contribution in [-0.2, 0) is 32.2 Å². The Morgan fingerprint density at radius 2 is 1.47 bits per heavy atom. The molecule has 0 radical (unpaired) electrons. The van der Waals surface area contributed by atoms with Crippen LogP contribution in [0.5, 0.6) is 0 Å². The van der Waals surface area contributed by atoms with Crippen LogP contribution in [0.15, 0.2) is 54.7 Å². The minimum Gasteiger partial charge on any atom is -0.378 e. The van der Waals surface area contributed by atoms with Crippen LogP contribution in [0.2, 0.25) is 0 Å². The molecule has 0 fully saturated rings. The van der Waals surface area contributed by atoms with Gasteiger partial charge >= 0.3 is 0 Å². The first-order valence-electron chi connectivity index (χ1n) is 13.2. The van der Waals surface area contributed by atoms with Gasteiger partial charge in [0.25, 0.3) is 11.8 Å². The molecule has 6 rings (SSSR count). The number of likely N-dealkylation sites (N-methyl/N-ethyl adjacent to an activating group) is 1. The van der Waals surface area contributed by atoms with Crippen molar-refractivity contribution in [3.63, 3.8) is 0 Å². The lowest BCUT2D eigenvalue weighted by atomic mass is 9.97. The van der Waals surface area contributed by atoms with Crippen LogP contribution in [0.1, 0.15) is 18.2 Å². The maximum Gasteiger partial charge on any atom is 0.261 e. The van der Waals surface area contributed by atoms with E-state index < -0.39 is 11.8 Å². The van der Waals surface area contributed by atoms with Crippen molar-refractivity contribution in [1.29, 1.82) is 0 Å². The number of para-hydroxylation sites is 2. The molecule has 4 bridgehead atoms. The molecule has 0 saturated carbocycles. The summed E-state index contributed by atoms with van der Waals surface area (Å²) >= 11 is 0. The molecule has 2 amide bonds. The molecule has 38 heavy (non-hydrogen) atoms. The molecule has 1 N–H and O–H groups in total. The molecule has 4 aromatic rings. The van der Waals surface area contributed by atoms with E-state index in [2.05, 4.69) is 21.7 Å². The normalized spacial score (nSPS) is 18.3. The van der Waals surface area contributed by atoms with E-state index in [1.165, 1.54) is 0 Å². The number of imide groups is 1. The number of nitrogens with zero attached hydrogens (tertiary/aromatic N) is 4. The average molecular weight is 514 g/mol. The van der Waals surface area contributed by atoms with Crippen molar-refractivity contribution < 1.29 is 19.1 Å². The number of carbonyl (C=O) groups excluding carboxylic acids is 2. The summed E-state index contributed by atoms with van der Waals surface area (Å²) in [7, 11) is 0. The Labute approximate surface area is 220 Å². The minimum atomic E-state index is -0.418. The van der Waals surface area contributed by atoms with Crippen molar-refractivity contribution in [3.05, 3.63) is 66.0 Å². The van der Waals surface area contributed by atoms with Gasteiger partial charge in [0.1, 0.15) is 5.69 Å². The highest BCUT2D eigenvalue weighted by Gasteiger charge is 2.36. The van der Waals surface area contributed by atoms with Gasteiger partial charge in [-0.2, -0.15) is 5.10 Å². The molecular weight excluding hydrogens is 482 g/mol. The lowest BCUT2D eigenvalue weighted by Crippen LogP contribution is -2.31. The number of amides is 2. The van der Waals surface area contributed by atoms with E-state index in [-0.39, 0.29) is 0 Å². The second kappa shape index (κ2) is 10.5. The van der Waals surface area contributed by atoms with Gasteiger partial charge in [0.2, 0.25) is 0 Å². The Balaban J connectivity index is 1.54. The first kappa shape index (κ1) is 24.5. The summed E-state index contributed by atoms with van der Waals surface area (Å²) in [6, 6.07) is 15.8. The van der Waals surface area contributed by atoms with E-state index in [0.717, 1.165) is 47.0 Å². The van der Waals surface area contributed by atoms with E-state index in [1.54, 1.807) is 0 Å². The molecule has 9 heteroatoms. The molecule has 2 aromatic carbocycles. The predicted octanol–water partition coefficient (Wildman–Crippen LogP) is 2.93. The topological polar surface area (TPSA) is 90.6 Å². The summed E-state index contributed by atoms with van der Waals surface area (Å²) in [5.74, 6) is -0.818. The van der Waals surface area contributed by atoms with Gasteiger partial charge in [-0.15, -0.1) is 0 Å². The monoisotopic (exact) mass is 513 g/mol. The molecule has 9 nitrogen and oxygen atoms in total. The fraction of sp³-hybridized carbons (Fsp3) is 0.345. The fourth-order valence-electron chi connectivity index (χ4n) is 5.39. The van der Waals surface area contributed by atoms with Crippen molar-refractivity contribution in [2.45, 2.75) is 20.0 Å². The SMILES string of the molecule is CCN1CCOCCOCCn2cc(c3ccccc32)C2=C(C(=O)NC2=O)c2nn(c3ccccc23)CC1. The zero-order chi connectivity index (χ0) is 26.1. The van der Waals surface area contributed by atoms with E-state index in [0.29, 0.717) is 56.4 Å². The van der Waals surface area contributed by atoms with Gasteiger partial charge in [-0.25, -0.2) is 0 Å². The summed E-state index contributed by atoms with van der Waals surface area (Å²) in [5.41, 5.74) is 3.85. The number of fused-ring (bicyclic) bond motifs is 12. The third-order valence-corrected chi connectivity index (χ3v) is 7.36. The Bertz CT molecular complexity index is 1550. The molecule has 2 aliphatic rings. The van der Waals surface area contributed by atoms with Gasteiger partial charge in [0, 0.05) is 47.7 Å².